The van der Waals surface area contributed by atoms with Gasteiger partial charge in [-0.1, -0.05) is 55.3 Å². The van der Waals surface area contributed by atoms with Crippen LogP contribution in [-0.2, 0) is 6.42 Å². The minimum Gasteiger partial charge on any atom is -0.252 e. The molecule has 0 aliphatic heterocycles. The van der Waals surface area contributed by atoms with Gasteiger partial charge in [-0.3, -0.25) is 4.98 Å². The monoisotopic (exact) mass is 415 g/mol. The molecule has 1 nitrogen and oxygen atoms in total. The molecule has 0 atom stereocenters. The number of hydrogen-bond acceptors (Lipinski definition) is 1. The molecule has 3 aliphatic rings. The summed E-state index contributed by atoms with van der Waals surface area (Å²) in [7, 11) is 0. The first-order valence-corrected chi connectivity index (χ1v) is 12.4. The lowest BCUT2D eigenvalue weighted by Gasteiger charge is -2.17. The molecule has 7 rings (SSSR count). The topological polar surface area (TPSA) is 12.9 Å². The highest BCUT2D eigenvalue weighted by atomic mass is 14.7. The van der Waals surface area contributed by atoms with Crippen LogP contribution in [0.25, 0.3) is 33.2 Å². The predicted octanol–water partition coefficient (Wildman–Crippen LogP) is 8.32. The van der Waals surface area contributed by atoms with Crippen molar-refractivity contribution in [2.24, 2.45) is 0 Å². The molecule has 0 bridgehead atoms. The Morgan fingerprint density at radius 3 is 2.41 bits per heavy atom. The molecule has 1 heteroatoms. The predicted molar refractivity (Wildman–Crippen MR) is 133 cm³/mol. The van der Waals surface area contributed by atoms with Crippen molar-refractivity contribution in [3.63, 3.8) is 0 Å². The van der Waals surface area contributed by atoms with Crippen LogP contribution in [0.5, 0.6) is 0 Å². The number of nitrogens with zero attached hydrogens (tertiary/aromatic N) is 1. The molecule has 3 aliphatic carbocycles. The van der Waals surface area contributed by atoms with Gasteiger partial charge in [0, 0.05) is 22.6 Å². The first-order chi connectivity index (χ1) is 15.7. The van der Waals surface area contributed by atoms with E-state index in [-0.39, 0.29) is 0 Å². The molecule has 0 radical (unpaired) electrons. The fourth-order valence-electron chi connectivity index (χ4n) is 6.18. The van der Waals surface area contributed by atoms with Crippen LogP contribution in [0.2, 0.25) is 0 Å². The van der Waals surface area contributed by atoms with Crippen LogP contribution in [0.4, 0.5) is 0 Å². The van der Waals surface area contributed by atoms with E-state index in [4.69, 9.17) is 4.98 Å². The SMILES string of the molecule is Cc1cc2c(c(-c3nc(C4CC4)cc4ccc(C5CCCC5)cc34)c1)Cc1ccccc1-2. The molecule has 2 saturated carbocycles. The van der Waals surface area contributed by atoms with Gasteiger partial charge >= 0.3 is 0 Å². The van der Waals surface area contributed by atoms with Crippen molar-refractivity contribution in [1.29, 1.82) is 0 Å². The normalized spacial score (nSPS) is 17.7. The van der Waals surface area contributed by atoms with Crippen LogP contribution in [0, 0.1) is 6.92 Å². The lowest BCUT2D eigenvalue weighted by atomic mass is 9.90. The first-order valence-electron chi connectivity index (χ1n) is 12.4. The standard InChI is InChI=1S/C31H29N/c1-19-14-27-25-9-5-4-8-23(25)17-28(27)29(15-19)31-26-16-22(20-6-2-3-7-20)12-13-24(26)18-30(32-31)21-10-11-21/h4-5,8-9,12-16,18,20-21H,2-3,6-7,10-11,17H2,1H3. The minimum atomic E-state index is 0.655. The summed E-state index contributed by atoms with van der Waals surface area (Å²) in [4.78, 5) is 5.38. The van der Waals surface area contributed by atoms with E-state index in [0.29, 0.717) is 5.92 Å². The molecule has 32 heavy (non-hydrogen) atoms. The smallest absolute Gasteiger partial charge is 0.0787 e. The van der Waals surface area contributed by atoms with E-state index in [2.05, 4.69) is 67.6 Å². The summed E-state index contributed by atoms with van der Waals surface area (Å²) in [5.41, 5.74) is 12.4. The Morgan fingerprint density at radius 1 is 0.750 bits per heavy atom. The van der Waals surface area contributed by atoms with E-state index < -0.39 is 0 Å². The van der Waals surface area contributed by atoms with E-state index in [0.717, 1.165) is 12.3 Å². The molecule has 158 valence electrons. The number of aryl methyl sites for hydroxylation is 1. The summed E-state index contributed by atoms with van der Waals surface area (Å²) in [6.07, 6.45) is 9.01. The van der Waals surface area contributed by atoms with Crippen LogP contribution < -0.4 is 0 Å². The van der Waals surface area contributed by atoms with Gasteiger partial charge in [0.2, 0.25) is 0 Å². The highest BCUT2D eigenvalue weighted by molar-refractivity contribution is 5.98. The van der Waals surface area contributed by atoms with Crippen molar-refractivity contribution in [3.05, 3.63) is 88.6 Å². The number of hydrogen-bond donors (Lipinski definition) is 0. The highest BCUT2D eigenvalue weighted by Gasteiger charge is 2.28. The summed E-state index contributed by atoms with van der Waals surface area (Å²) in [6.45, 7) is 2.24. The Balaban J connectivity index is 1.48. The Morgan fingerprint density at radius 2 is 1.56 bits per heavy atom. The molecule has 0 spiro atoms. The summed E-state index contributed by atoms with van der Waals surface area (Å²) in [5.74, 6) is 1.38. The third-order valence-electron chi connectivity index (χ3n) is 8.02. The minimum absolute atomic E-state index is 0.655. The Hall–Kier alpha value is -2.93. The van der Waals surface area contributed by atoms with Crippen LogP contribution in [0.3, 0.4) is 0 Å². The molecule has 0 N–H and O–H groups in total. The van der Waals surface area contributed by atoms with Crippen LogP contribution in [0.15, 0.2) is 60.7 Å². The molecule has 1 aromatic heterocycles. The van der Waals surface area contributed by atoms with Gasteiger partial charge in [0.1, 0.15) is 0 Å². The van der Waals surface area contributed by atoms with Gasteiger partial charge in [0.05, 0.1) is 5.69 Å². The Labute approximate surface area is 190 Å². The molecule has 1 heterocycles. The van der Waals surface area contributed by atoms with Crippen molar-refractivity contribution < 1.29 is 0 Å². The van der Waals surface area contributed by atoms with Gasteiger partial charge in [-0.05, 0) is 102 Å². The molecule has 0 amide bonds. The van der Waals surface area contributed by atoms with Gasteiger partial charge in [0.25, 0.3) is 0 Å². The molecule has 0 saturated heterocycles. The fourth-order valence-corrected chi connectivity index (χ4v) is 6.18. The van der Waals surface area contributed by atoms with Gasteiger partial charge in [-0.2, -0.15) is 0 Å². The number of pyridine rings is 1. The highest BCUT2D eigenvalue weighted by Crippen LogP contribution is 2.46. The third-order valence-corrected chi connectivity index (χ3v) is 8.02. The molecule has 0 unspecified atom stereocenters. The number of fused-ring (bicyclic) bond motifs is 4. The maximum Gasteiger partial charge on any atom is 0.0787 e. The van der Waals surface area contributed by atoms with Crippen molar-refractivity contribution in [2.75, 3.05) is 0 Å². The summed E-state index contributed by atoms with van der Waals surface area (Å²) >= 11 is 0. The quantitative estimate of drug-likeness (QED) is 0.289. The van der Waals surface area contributed by atoms with Crippen molar-refractivity contribution in [2.45, 2.75) is 63.7 Å². The lowest BCUT2D eigenvalue weighted by Crippen LogP contribution is -1.99. The van der Waals surface area contributed by atoms with Crippen molar-refractivity contribution >= 4 is 10.8 Å². The van der Waals surface area contributed by atoms with Crippen molar-refractivity contribution in [1.82, 2.24) is 4.98 Å². The fraction of sp³-hybridized carbons (Fsp3) is 0.323. The zero-order valence-corrected chi connectivity index (χ0v) is 18.8. The largest absolute Gasteiger partial charge is 0.252 e. The van der Waals surface area contributed by atoms with Gasteiger partial charge in [0.15, 0.2) is 0 Å². The van der Waals surface area contributed by atoms with Gasteiger partial charge in [-0.15, -0.1) is 0 Å². The first kappa shape index (κ1) is 18.6. The van der Waals surface area contributed by atoms with Crippen LogP contribution >= 0.6 is 0 Å². The molecule has 4 aromatic rings. The zero-order chi connectivity index (χ0) is 21.2. The zero-order valence-electron chi connectivity index (χ0n) is 18.8. The van der Waals surface area contributed by atoms with E-state index in [1.165, 1.54) is 99.6 Å². The average molecular weight is 416 g/mol. The number of benzene rings is 3. The summed E-state index contributed by atoms with van der Waals surface area (Å²) in [6, 6.07) is 23.3. The second-order valence-corrected chi connectivity index (χ2v) is 10.3. The van der Waals surface area contributed by atoms with Crippen molar-refractivity contribution in [3.8, 4) is 22.4 Å². The van der Waals surface area contributed by atoms with Gasteiger partial charge in [-0.25, -0.2) is 0 Å². The Bertz CT molecular complexity index is 1370. The molecule has 2 fully saturated rings. The van der Waals surface area contributed by atoms with E-state index >= 15 is 0 Å². The lowest BCUT2D eigenvalue weighted by molar-refractivity contribution is 0.724. The second-order valence-electron chi connectivity index (χ2n) is 10.3. The number of aromatic nitrogens is 1. The van der Waals surface area contributed by atoms with E-state index in [9.17, 15) is 0 Å². The second kappa shape index (κ2) is 7.04. The molecular formula is C31H29N. The van der Waals surface area contributed by atoms with E-state index in [1.54, 1.807) is 0 Å². The maximum absolute atomic E-state index is 5.38. The summed E-state index contributed by atoms with van der Waals surface area (Å²) < 4.78 is 0. The number of rotatable bonds is 3. The molecule has 3 aromatic carbocycles. The maximum atomic E-state index is 5.38. The van der Waals surface area contributed by atoms with Gasteiger partial charge < -0.3 is 0 Å². The van der Waals surface area contributed by atoms with Crippen LogP contribution in [-0.4, -0.2) is 4.98 Å². The average Bonchev–Trinajstić information content (AvgIpc) is 3.39. The summed E-state index contributed by atoms with van der Waals surface area (Å²) in [5, 5.41) is 2.71. The Kier molecular flexibility index (Phi) is 4.09. The van der Waals surface area contributed by atoms with Crippen LogP contribution in [0.1, 0.15) is 78.3 Å². The third kappa shape index (κ3) is 2.94. The molecular weight excluding hydrogens is 386 g/mol. The van der Waals surface area contributed by atoms with E-state index in [1.807, 2.05) is 0 Å².